The molecule has 7 nitrogen and oxygen atoms in total. The third-order valence-electron chi connectivity index (χ3n) is 3.67. The highest BCUT2D eigenvalue weighted by Gasteiger charge is 2.37. The Morgan fingerprint density at radius 2 is 1.25 bits per heavy atom. The van der Waals surface area contributed by atoms with Gasteiger partial charge >= 0.3 is 12.2 Å². The van der Waals surface area contributed by atoms with Crippen molar-refractivity contribution in [1.82, 2.24) is 10.6 Å². The van der Waals surface area contributed by atoms with Gasteiger partial charge in [-0.1, -0.05) is 6.92 Å². The van der Waals surface area contributed by atoms with Crippen molar-refractivity contribution in [2.24, 2.45) is 5.92 Å². The fourth-order valence-corrected chi connectivity index (χ4v) is 2.62. The Kier molecular flexibility index (Phi) is 6.50. The molecular weight excluding hydrogens is 312 g/mol. The highest BCUT2D eigenvalue weighted by molar-refractivity contribution is 5.70. The van der Waals surface area contributed by atoms with E-state index in [1.807, 2.05) is 6.92 Å². The number of hydrogen-bond donors (Lipinski definition) is 3. The van der Waals surface area contributed by atoms with Crippen LogP contribution in [0.3, 0.4) is 0 Å². The molecule has 2 unspecified atom stereocenters. The first-order chi connectivity index (χ1) is 10.8. The maximum absolute atomic E-state index is 12.0. The number of amides is 2. The van der Waals surface area contributed by atoms with Crippen molar-refractivity contribution in [3.8, 4) is 0 Å². The number of carbonyl (C=O) groups excluding carboxylic acids is 2. The molecule has 0 radical (unpaired) electrons. The molecule has 0 spiro atoms. The molecule has 24 heavy (non-hydrogen) atoms. The molecule has 1 rings (SSSR count). The van der Waals surface area contributed by atoms with Gasteiger partial charge in [-0.25, -0.2) is 9.59 Å². The Morgan fingerprint density at radius 1 is 0.875 bits per heavy atom. The summed E-state index contributed by atoms with van der Waals surface area (Å²) in [5, 5.41) is 15.7. The third kappa shape index (κ3) is 7.38. The molecule has 1 aliphatic rings. The second kappa shape index (κ2) is 7.59. The molecule has 0 aliphatic heterocycles. The van der Waals surface area contributed by atoms with Crippen LogP contribution in [0.15, 0.2) is 0 Å². The normalized spacial score (nSPS) is 28.0. The molecule has 140 valence electrons. The van der Waals surface area contributed by atoms with Crippen molar-refractivity contribution in [2.75, 3.05) is 0 Å². The molecule has 2 amide bonds. The minimum atomic E-state index is -0.612. The predicted octanol–water partition coefficient (Wildman–Crippen LogP) is 2.56. The number of ether oxygens (including phenoxy) is 2. The van der Waals surface area contributed by atoms with Crippen LogP contribution < -0.4 is 10.6 Å². The molecule has 0 aromatic rings. The minimum absolute atomic E-state index is 0.0154. The van der Waals surface area contributed by atoms with Gasteiger partial charge in [-0.05, 0) is 60.3 Å². The molecule has 3 N–H and O–H groups in total. The first kappa shape index (κ1) is 20.5. The molecule has 7 heteroatoms. The number of aliphatic hydroxyl groups is 1. The maximum atomic E-state index is 12.0. The summed E-state index contributed by atoms with van der Waals surface area (Å²) in [6.07, 6.45) is -0.749. The Labute approximate surface area is 144 Å². The van der Waals surface area contributed by atoms with Gasteiger partial charge < -0.3 is 25.2 Å². The molecule has 0 bridgehead atoms. The van der Waals surface area contributed by atoms with Crippen LogP contribution in [-0.2, 0) is 9.47 Å². The average Bonchev–Trinajstić information content (AvgIpc) is 2.30. The summed E-state index contributed by atoms with van der Waals surface area (Å²) in [5.41, 5.74) is -1.21. The van der Waals surface area contributed by atoms with Gasteiger partial charge in [0.1, 0.15) is 11.2 Å². The van der Waals surface area contributed by atoms with Crippen LogP contribution in [-0.4, -0.2) is 46.7 Å². The van der Waals surface area contributed by atoms with E-state index in [1.54, 1.807) is 41.5 Å². The van der Waals surface area contributed by atoms with E-state index in [0.29, 0.717) is 12.8 Å². The van der Waals surface area contributed by atoms with Gasteiger partial charge in [0.15, 0.2) is 0 Å². The lowest BCUT2D eigenvalue weighted by Gasteiger charge is -2.39. The third-order valence-corrected chi connectivity index (χ3v) is 3.67. The second-order valence-corrected chi connectivity index (χ2v) is 8.52. The van der Waals surface area contributed by atoms with Gasteiger partial charge in [-0.15, -0.1) is 0 Å². The van der Waals surface area contributed by atoms with E-state index in [1.165, 1.54) is 0 Å². The van der Waals surface area contributed by atoms with Gasteiger partial charge in [0.2, 0.25) is 0 Å². The van der Waals surface area contributed by atoms with Crippen LogP contribution in [0.1, 0.15) is 61.3 Å². The number of aliphatic hydroxyl groups excluding tert-OH is 1. The monoisotopic (exact) mass is 344 g/mol. The number of nitrogens with one attached hydrogen (secondary N) is 2. The predicted molar refractivity (Wildman–Crippen MR) is 90.7 cm³/mol. The fraction of sp³-hybridized carbons (Fsp3) is 0.882. The van der Waals surface area contributed by atoms with Crippen LogP contribution in [0, 0.1) is 5.92 Å². The summed E-state index contributed by atoms with van der Waals surface area (Å²) in [7, 11) is 0. The van der Waals surface area contributed by atoms with Crippen molar-refractivity contribution < 1.29 is 24.2 Å². The van der Waals surface area contributed by atoms with Gasteiger partial charge in [0, 0.05) is 0 Å². The molecule has 0 heterocycles. The quantitative estimate of drug-likeness (QED) is 0.715. The van der Waals surface area contributed by atoms with Crippen molar-refractivity contribution in [2.45, 2.75) is 90.7 Å². The first-order valence-corrected chi connectivity index (χ1v) is 8.44. The van der Waals surface area contributed by atoms with Gasteiger partial charge in [0.25, 0.3) is 0 Å². The average molecular weight is 344 g/mol. The van der Waals surface area contributed by atoms with E-state index in [2.05, 4.69) is 10.6 Å². The summed E-state index contributed by atoms with van der Waals surface area (Å²) in [5.74, 6) is 0.0154. The number of carbonyl (C=O) groups is 2. The SMILES string of the molecule is C[C@H]1CC(NC(=O)OC(C)(C)C)C(NC(=O)OC(C)(C)C)C[C@H]1O. The highest BCUT2D eigenvalue weighted by atomic mass is 16.6. The van der Waals surface area contributed by atoms with Crippen molar-refractivity contribution in [1.29, 1.82) is 0 Å². The Morgan fingerprint density at radius 3 is 1.62 bits per heavy atom. The van der Waals surface area contributed by atoms with Crippen molar-refractivity contribution in [3.05, 3.63) is 0 Å². The molecule has 0 aromatic heterocycles. The largest absolute Gasteiger partial charge is 0.444 e. The minimum Gasteiger partial charge on any atom is -0.444 e. The number of hydrogen-bond acceptors (Lipinski definition) is 5. The van der Waals surface area contributed by atoms with Crippen molar-refractivity contribution in [3.63, 3.8) is 0 Å². The van der Waals surface area contributed by atoms with E-state index in [0.717, 1.165) is 0 Å². The molecule has 0 saturated heterocycles. The Hall–Kier alpha value is -1.50. The summed E-state index contributed by atoms with van der Waals surface area (Å²) >= 11 is 0. The van der Waals surface area contributed by atoms with E-state index in [4.69, 9.17) is 9.47 Å². The molecular formula is C17H32N2O5. The summed E-state index contributed by atoms with van der Waals surface area (Å²) in [6.45, 7) is 12.6. The highest BCUT2D eigenvalue weighted by Crippen LogP contribution is 2.25. The van der Waals surface area contributed by atoms with E-state index < -0.39 is 35.5 Å². The topological polar surface area (TPSA) is 96.9 Å². The second-order valence-electron chi connectivity index (χ2n) is 8.52. The molecule has 1 aliphatic carbocycles. The summed E-state index contributed by atoms with van der Waals surface area (Å²) in [4.78, 5) is 24.1. The van der Waals surface area contributed by atoms with E-state index in [9.17, 15) is 14.7 Å². The van der Waals surface area contributed by atoms with Crippen molar-refractivity contribution >= 4 is 12.2 Å². The Balaban J connectivity index is 2.73. The van der Waals surface area contributed by atoms with Gasteiger partial charge in [-0.3, -0.25) is 0 Å². The number of rotatable bonds is 2. The summed E-state index contributed by atoms with van der Waals surface area (Å²) < 4.78 is 10.5. The smallest absolute Gasteiger partial charge is 0.407 e. The van der Waals surface area contributed by atoms with Crippen LogP contribution in [0.4, 0.5) is 9.59 Å². The fourth-order valence-electron chi connectivity index (χ4n) is 2.62. The first-order valence-electron chi connectivity index (χ1n) is 8.44. The van der Waals surface area contributed by atoms with Crippen LogP contribution in [0.2, 0.25) is 0 Å². The molecule has 1 saturated carbocycles. The standard InChI is InChI=1S/C17H32N2O5/c1-10-8-11(18-14(21)23-16(2,3)4)12(9-13(10)20)19-15(22)24-17(5,6)7/h10-13,20H,8-9H2,1-7H3,(H,18,21)(H,19,22)/t10-,11?,12?,13+/m0/s1. The lowest BCUT2D eigenvalue weighted by molar-refractivity contribution is 0.0197. The van der Waals surface area contributed by atoms with E-state index >= 15 is 0 Å². The molecule has 1 fully saturated rings. The van der Waals surface area contributed by atoms with Gasteiger partial charge in [-0.2, -0.15) is 0 Å². The zero-order valence-electron chi connectivity index (χ0n) is 15.8. The summed E-state index contributed by atoms with van der Waals surface area (Å²) in [6, 6.07) is -0.746. The lowest BCUT2D eigenvalue weighted by atomic mass is 9.81. The Bertz CT molecular complexity index is 411. The zero-order valence-corrected chi connectivity index (χ0v) is 15.8. The maximum Gasteiger partial charge on any atom is 0.407 e. The number of alkyl carbamates (subject to hydrolysis) is 2. The van der Waals surface area contributed by atoms with Crippen LogP contribution in [0.25, 0.3) is 0 Å². The molecule has 0 aromatic carbocycles. The van der Waals surface area contributed by atoms with Crippen LogP contribution in [0.5, 0.6) is 0 Å². The molecule has 4 atom stereocenters. The van der Waals surface area contributed by atoms with Gasteiger partial charge in [0.05, 0.1) is 18.2 Å². The zero-order chi connectivity index (χ0) is 18.7. The van der Waals surface area contributed by atoms with E-state index in [-0.39, 0.29) is 12.0 Å². The van der Waals surface area contributed by atoms with Crippen LogP contribution >= 0.6 is 0 Å². The lowest BCUT2D eigenvalue weighted by Crippen LogP contribution is -2.58.